The number of aryl methyl sites for hydroxylation is 1. The highest BCUT2D eigenvalue weighted by Gasteiger charge is 2.45. The summed E-state index contributed by atoms with van der Waals surface area (Å²) in [6.07, 6.45) is 10.6. The molecule has 37 heavy (non-hydrogen) atoms. The van der Waals surface area contributed by atoms with Crippen LogP contribution in [0.15, 0.2) is 78.5 Å². The first-order chi connectivity index (χ1) is 17.7. The van der Waals surface area contributed by atoms with Gasteiger partial charge in [0.05, 0.1) is 5.41 Å². The molecule has 0 N–H and O–H groups in total. The standard InChI is InChI=1S/C35H43N2/c1-8-10-23-37-30-21-19-26-14-11-12-15-27(26)33(30)35(6,7)32(37)17-13-16-31-34(4,5)28-24-25(3)18-20-29(28)36(31)22-9-2/h11-21,24H,8-10,22-23H2,1-7H3/q+1. The summed E-state index contributed by atoms with van der Waals surface area (Å²) in [6.45, 7) is 18.4. The average molecular weight is 492 g/mol. The summed E-state index contributed by atoms with van der Waals surface area (Å²) in [5.74, 6) is 0. The Morgan fingerprint density at radius 1 is 0.892 bits per heavy atom. The lowest BCUT2D eigenvalue weighted by atomic mass is 9.79. The number of hydrogen-bond acceptors (Lipinski definition) is 1. The van der Waals surface area contributed by atoms with E-state index in [9.17, 15) is 0 Å². The van der Waals surface area contributed by atoms with Crippen molar-refractivity contribution in [2.75, 3.05) is 18.0 Å². The van der Waals surface area contributed by atoms with E-state index in [2.05, 4.69) is 131 Å². The Kier molecular flexibility index (Phi) is 6.64. The number of fused-ring (bicyclic) bond motifs is 4. The molecule has 3 aromatic rings. The minimum Gasteiger partial charge on any atom is -0.344 e. The third kappa shape index (κ3) is 4.15. The fraction of sp³-hybridized carbons (Fsp3) is 0.400. The van der Waals surface area contributed by atoms with Gasteiger partial charge in [0.1, 0.15) is 6.54 Å². The Morgan fingerprint density at radius 2 is 1.68 bits per heavy atom. The SMILES string of the molecule is CCCC[N+]1=C(/C=C/C=C2\N(CCC)c3ccc(C)cc3C2(C)C)C(C)(C)c2c1ccc1ccccc21. The van der Waals surface area contributed by atoms with E-state index in [4.69, 9.17) is 0 Å². The van der Waals surface area contributed by atoms with E-state index < -0.39 is 0 Å². The number of anilines is 1. The molecule has 5 rings (SSSR count). The second-order valence-corrected chi connectivity index (χ2v) is 11.9. The number of unbranched alkanes of at least 4 members (excludes halogenated alkanes) is 1. The Morgan fingerprint density at radius 3 is 2.43 bits per heavy atom. The van der Waals surface area contributed by atoms with Crippen LogP contribution in [0.1, 0.15) is 77.5 Å². The molecular formula is C35H43N2+. The highest BCUT2D eigenvalue weighted by atomic mass is 15.2. The second kappa shape index (κ2) is 9.63. The van der Waals surface area contributed by atoms with Crippen molar-refractivity contribution in [1.82, 2.24) is 0 Å². The van der Waals surface area contributed by atoms with E-state index in [1.807, 2.05) is 0 Å². The van der Waals surface area contributed by atoms with Gasteiger partial charge < -0.3 is 4.90 Å². The monoisotopic (exact) mass is 491 g/mol. The molecule has 3 aromatic carbocycles. The predicted molar refractivity (Wildman–Crippen MR) is 161 cm³/mol. The maximum Gasteiger partial charge on any atom is 0.210 e. The molecule has 0 unspecified atom stereocenters. The lowest BCUT2D eigenvalue weighted by Gasteiger charge is -2.26. The fourth-order valence-corrected chi connectivity index (χ4v) is 6.58. The summed E-state index contributed by atoms with van der Waals surface area (Å²) in [7, 11) is 0. The normalized spacial score (nSPS) is 18.9. The van der Waals surface area contributed by atoms with Crippen LogP contribution >= 0.6 is 0 Å². The molecule has 0 fully saturated rings. The Hall–Kier alpha value is -3.13. The van der Waals surface area contributed by atoms with Gasteiger partial charge in [0, 0.05) is 47.5 Å². The molecule has 0 aromatic heterocycles. The van der Waals surface area contributed by atoms with Crippen LogP contribution in [0.4, 0.5) is 11.4 Å². The Labute approximate surface area is 224 Å². The molecule has 2 heterocycles. The molecule has 0 bridgehead atoms. The molecule has 2 heteroatoms. The van der Waals surface area contributed by atoms with Crippen molar-refractivity contribution in [2.24, 2.45) is 0 Å². The van der Waals surface area contributed by atoms with Crippen molar-refractivity contribution >= 4 is 27.9 Å². The molecule has 0 amide bonds. The molecule has 2 aliphatic rings. The summed E-state index contributed by atoms with van der Waals surface area (Å²) in [4.78, 5) is 2.54. The summed E-state index contributed by atoms with van der Waals surface area (Å²) in [6, 6.07) is 20.4. The van der Waals surface area contributed by atoms with Crippen molar-refractivity contribution in [1.29, 1.82) is 0 Å². The van der Waals surface area contributed by atoms with E-state index in [0.717, 1.165) is 19.5 Å². The summed E-state index contributed by atoms with van der Waals surface area (Å²) < 4.78 is 2.59. The molecular weight excluding hydrogens is 448 g/mol. The molecule has 0 spiro atoms. The topological polar surface area (TPSA) is 6.25 Å². The van der Waals surface area contributed by atoms with Gasteiger partial charge in [-0.1, -0.05) is 82.2 Å². The molecule has 0 aliphatic carbocycles. The third-order valence-electron chi connectivity index (χ3n) is 8.49. The van der Waals surface area contributed by atoms with Gasteiger partial charge >= 0.3 is 0 Å². The van der Waals surface area contributed by atoms with Gasteiger partial charge in [-0.2, -0.15) is 4.58 Å². The lowest BCUT2D eigenvalue weighted by Crippen LogP contribution is -2.28. The number of nitrogens with zero attached hydrogens (tertiary/aromatic N) is 2. The molecule has 192 valence electrons. The van der Waals surface area contributed by atoms with Crippen molar-refractivity contribution in [3.8, 4) is 0 Å². The van der Waals surface area contributed by atoms with Crippen molar-refractivity contribution in [3.05, 3.63) is 95.2 Å². The highest BCUT2D eigenvalue weighted by molar-refractivity contribution is 6.07. The van der Waals surface area contributed by atoms with Gasteiger partial charge in [-0.25, -0.2) is 0 Å². The number of allylic oxidation sites excluding steroid dienone is 4. The molecule has 2 aliphatic heterocycles. The first-order valence-electron chi connectivity index (χ1n) is 14.2. The second-order valence-electron chi connectivity index (χ2n) is 11.9. The van der Waals surface area contributed by atoms with Crippen molar-refractivity contribution in [2.45, 2.75) is 78.6 Å². The van der Waals surface area contributed by atoms with E-state index in [1.54, 1.807) is 0 Å². The van der Waals surface area contributed by atoms with Crippen LogP contribution in [0.5, 0.6) is 0 Å². The molecule has 0 saturated heterocycles. The van der Waals surface area contributed by atoms with Gasteiger partial charge in [-0.3, -0.25) is 0 Å². The number of hydrogen-bond donors (Lipinski definition) is 0. The largest absolute Gasteiger partial charge is 0.344 e. The number of rotatable bonds is 7. The van der Waals surface area contributed by atoms with E-state index in [-0.39, 0.29) is 10.8 Å². The predicted octanol–water partition coefficient (Wildman–Crippen LogP) is 8.97. The van der Waals surface area contributed by atoms with Crippen LogP contribution in [0.25, 0.3) is 10.8 Å². The van der Waals surface area contributed by atoms with Gasteiger partial charge in [0.15, 0.2) is 5.71 Å². The van der Waals surface area contributed by atoms with Gasteiger partial charge in [0.2, 0.25) is 5.69 Å². The third-order valence-corrected chi connectivity index (χ3v) is 8.49. The summed E-state index contributed by atoms with van der Waals surface area (Å²) in [5, 5.41) is 2.71. The first kappa shape index (κ1) is 25.5. The van der Waals surface area contributed by atoms with E-state index >= 15 is 0 Å². The molecule has 0 saturated carbocycles. The first-order valence-corrected chi connectivity index (χ1v) is 14.2. The Balaban J connectivity index is 1.60. The van der Waals surface area contributed by atoms with Crippen molar-refractivity contribution in [3.63, 3.8) is 0 Å². The van der Waals surface area contributed by atoms with Crippen LogP contribution in [0.2, 0.25) is 0 Å². The van der Waals surface area contributed by atoms with Crippen LogP contribution in [-0.4, -0.2) is 23.4 Å². The minimum absolute atomic E-state index is 0.0161. The smallest absolute Gasteiger partial charge is 0.210 e. The minimum atomic E-state index is -0.0622. The average Bonchev–Trinajstić information content (AvgIpc) is 3.22. The van der Waals surface area contributed by atoms with Gasteiger partial charge in [0.25, 0.3) is 0 Å². The van der Waals surface area contributed by atoms with Crippen LogP contribution < -0.4 is 4.90 Å². The van der Waals surface area contributed by atoms with Crippen LogP contribution in [0, 0.1) is 6.92 Å². The number of benzene rings is 3. The van der Waals surface area contributed by atoms with Crippen LogP contribution in [0.3, 0.4) is 0 Å². The zero-order chi connectivity index (χ0) is 26.4. The maximum atomic E-state index is 2.59. The van der Waals surface area contributed by atoms with Crippen LogP contribution in [-0.2, 0) is 10.8 Å². The lowest BCUT2D eigenvalue weighted by molar-refractivity contribution is -0.438. The molecule has 0 radical (unpaired) electrons. The zero-order valence-corrected chi connectivity index (χ0v) is 23.9. The summed E-state index contributed by atoms with van der Waals surface area (Å²) in [5.41, 5.74) is 9.70. The zero-order valence-electron chi connectivity index (χ0n) is 23.9. The van der Waals surface area contributed by atoms with E-state index in [1.165, 1.54) is 63.1 Å². The van der Waals surface area contributed by atoms with E-state index in [0.29, 0.717) is 0 Å². The molecule has 2 nitrogen and oxygen atoms in total. The Bertz CT molecular complexity index is 1430. The summed E-state index contributed by atoms with van der Waals surface area (Å²) >= 11 is 0. The van der Waals surface area contributed by atoms with Crippen molar-refractivity contribution < 1.29 is 4.58 Å². The quantitative estimate of drug-likeness (QED) is 0.299. The van der Waals surface area contributed by atoms with Gasteiger partial charge in [-0.15, -0.1) is 0 Å². The fourth-order valence-electron chi connectivity index (χ4n) is 6.58. The molecule has 0 atom stereocenters. The maximum absolute atomic E-state index is 2.59. The van der Waals surface area contributed by atoms with Gasteiger partial charge in [-0.05, 0) is 61.7 Å². The highest BCUT2D eigenvalue weighted by Crippen LogP contribution is 2.48.